The minimum Gasteiger partial charge on any atom is -0.497 e. The predicted molar refractivity (Wildman–Crippen MR) is 95.3 cm³/mol. The van der Waals surface area contributed by atoms with Gasteiger partial charge >= 0.3 is 0 Å². The molecule has 1 aliphatic rings. The lowest BCUT2D eigenvalue weighted by atomic mass is 10.2. The van der Waals surface area contributed by atoms with Gasteiger partial charge in [-0.1, -0.05) is 12.1 Å². The third-order valence-electron chi connectivity index (χ3n) is 3.80. The number of ether oxygens (including phenoxy) is 1. The van der Waals surface area contributed by atoms with Gasteiger partial charge in [0.05, 0.1) is 23.4 Å². The summed E-state index contributed by atoms with van der Waals surface area (Å²) in [6, 6.07) is 11.1. The van der Waals surface area contributed by atoms with Crippen LogP contribution in [-0.2, 0) is 26.2 Å². The summed E-state index contributed by atoms with van der Waals surface area (Å²) in [6.07, 6.45) is -0.313. The Morgan fingerprint density at radius 3 is 2.31 bits per heavy atom. The van der Waals surface area contributed by atoms with Crippen molar-refractivity contribution in [3.05, 3.63) is 48.0 Å². The Balaban J connectivity index is 1.78. The van der Waals surface area contributed by atoms with Crippen molar-refractivity contribution in [1.29, 1.82) is 0 Å². The molecule has 0 aliphatic carbocycles. The second kappa shape index (κ2) is 7.14. The van der Waals surface area contributed by atoms with Gasteiger partial charge in [-0.05, 0) is 35.9 Å². The van der Waals surface area contributed by atoms with Gasteiger partial charge in [-0.2, -0.15) is 0 Å². The van der Waals surface area contributed by atoms with Crippen LogP contribution in [0.1, 0.15) is 12.0 Å². The van der Waals surface area contributed by atoms with E-state index in [9.17, 15) is 18.0 Å². The normalized spacial score (nSPS) is 14.0. The molecule has 136 valence electrons. The number of nitrogens with one attached hydrogen (secondary N) is 3. The Hall–Kier alpha value is -2.91. The van der Waals surface area contributed by atoms with Crippen molar-refractivity contribution in [2.24, 2.45) is 0 Å². The van der Waals surface area contributed by atoms with Crippen molar-refractivity contribution in [3.63, 3.8) is 0 Å². The van der Waals surface area contributed by atoms with E-state index >= 15 is 0 Å². The number of amides is 2. The first-order valence-corrected chi connectivity index (χ1v) is 9.22. The molecule has 2 aromatic carbocycles. The van der Waals surface area contributed by atoms with Gasteiger partial charge in [0.1, 0.15) is 12.2 Å². The Bertz CT molecular complexity index is 955. The van der Waals surface area contributed by atoms with Gasteiger partial charge < -0.3 is 15.4 Å². The largest absolute Gasteiger partial charge is 0.497 e. The molecule has 1 aliphatic heterocycles. The highest BCUT2D eigenvalue weighted by Gasteiger charge is 2.21. The third-order valence-corrected chi connectivity index (χ3v) is 5.19. The number of carbonyl (C=O) groups is 2. The SMILES string of the molecule is COc1ccc(CNS(=O)(=O)c2ccc3c(c2)NC(=O)CC(=O)N3)cc1. The number of sulfonamides is 1. The zero-order valence-electron chi connectivity index (χ0n) is 13.9. The van der Waals surface area contributed by atoms with Gasteiger partial charge in [0.2, 0.25) is 21.8 Å². The second-order valence-electron chi connectivity index (χ2n) is 5.65. The van der Waals surface area contributed by atoms with E-state index in [1.54, 1.807) is 31.4 Å². The highest BCUT2D eigenvalue weighted by atomic mass is 32.2. The molecule has 3 rings (SSSR count). The van der Waals surface area contributed by atoms with Crippen molar-refractivity contribution in [2.75, 3.05) is 17.7 Å². The molecule has 0 atom stereocenters. The van der Waals surface area contributed by atoms with Crippen LogP contribution in [0.4, 0.5) is 11.4 Å². The molecule has 0 aromatic heterocycles. The van der Waals surface area contributed by atoms with Crippen LogP contribution in [0.5, 0.6) is 5.75 Å². The molecule has 0 saturated carbocycles. The molecular weight excluding hydrogens is 358 g/mol. The zero-order valence-corrected chi connectivity index (χ0v) is 14.7. The van der Waals surface area contributed by atoms with Crippen LogP contribution in [0.2, 0.25) is 0 Å². The van der Waals surface area contributed by atoms with Crippen LogP contribution in [0.15, 0.2) is 47.4 Å². The third kappa shape index (κ3) is 4.01. The molecule has 0 bridgehead atoms. The predicted octanol–water partition coefficient (Wildman–Crippen LogP) is 1.45. The standard InChI is InChI=1S/C17H17N3O5S/c1-25-12-4-2-11(3-5-12)10-18-26(23,24)13-6-7-14-15(8-13)20-17(22)9-16(21)19-14/h2-8,18H,9-10H2,1H3,(H,19,21)(H,20,22). The monoisotopic (exact) mass is 375 g/mol. The average molecular weight is 375 g/mol. The van der Waals surface area contributed by atoms with E-state index in [1.807, 2.05) is 0 Å². The van der Waals surface area contributed by atoms with E-state index in [0.29, 0.717) is 11.4 Å². The van der Waals surface area contributed by atoms with E-state index in [1.165, 1.54) is 18.2 Å². The summed E-state index contributed by atoms with van der Waals surface area (Å²) in [4.78, 5) is 23.2. The molecule has 3 N–H and O–H groups in total. The molecule has 0 saturated heterocycles. The highest BCUT2D eigenvalue weighted by molar-refractivity contribution is 7.89. The first-order chi connectivity index (χ1) is 12.4. The quantitative estimate of drug-likeness (QED) is 0.685. The van der Waals surface area contributed by atoms with E-state index in [2.05, 4.69) is 15.4 Å². The lowest BCUT2D eigenvalue weighted by molar-refractivity contribution is -0.123. The summed E-state index contributed by atoms with van der Waals surface area (Å²) in [6.45, 7) is 0.104. The fraction of sp³-hybridized carbons (Fsp3) is 0.176. The number of fused-ring (bicyclic) bond motifs is 1. The van der Waals surface area contributed by atoms with Gasteiger partial charge in [0.15, 0.2) is 0 Å². The number of carbonyl (C=O) groups excluding carboxylic acids is 2. The maximum atomic E-state index is 12.5. The van der Waals surface area contributed by atoms with E-state index in [0.717, 1.165) is 5.56 Å². The first-order valence-electron chi connectivity index (χ1n) is 7.74. The molecule has 2 aromatic rings. The summed E-state index contributed by atoms with van der Waals surface area (Å²) in [5, 5.41) is 5.07. The van der Waals surface area contributed by atoms with E-state index in [4.69, 9.17) is 4.74 Å². The van der Waals surface area contributed by atoms with E-state index < -0.39 is 21.8 Å². The van der Waals surface area contributed by atoms with Gasteiger partial charge in [-0.3, -0.25) is 9.59 Å². The summed E-state index contributed by atoms with van der Waals surface area (Å²) in [7, 11) is -2.24. The Kier molecular flexibility index (Phi) is 4.92. The van der Waals surface area contributed by atoms with Crippen molar-refractivity contribution in [1.82, 2.24) is 4.72 Å². The van der Waals surface area contributed by atoms with Crippen LogP contribution < -0.4 is 20.1 Å². The first kappa shape index (κ1) is 17.9. The summed E-state index contributed by atoms with van der Waals surface area (Å²) < 4.78 is 32.6. The molecule has 0 unspecified atom stereocenters. The van der Waals surface area contributed by atoms with Gasteiger partial charge in [0.25, 0.3) is 0 Å². The lowest BCUT2D eigenvalue weighted by Gasteiger charge is -2.11. The molecule has 26 heavy (non-hydrogen) atoms. The number of anilines is 2. The molecule has 0 fully saturated rings. The molecule has 1 heterocycles. The van der Waals surface area contributed by atoms with Gasteiger partial charge in [0, 0.05) is 6.54 Å². The molecule has 2 amide bonds. The number of methoxy groups -OCH3 is 1. The highest BCUT2D eigenvalue weighted by Crippen LogP contribution is 2.27. The van der Waals surface area contributed by atoms with Gasteiger partial charge in [-0.25, -0.2) is 13.1 Å². The second-order valence-corrected chi connectivity index (χ2v) is 7.42. The average Bonchev–Trinajstić information content (AvgIpc) is 2.76. The molecule has 0 spiro atoms. The zero-order chi connectivity index (χ0) is 18.7. The van der Waals surface area contributed by atoms with Crippen LogP contribution in [0.3, 0.4) is 0 Å². The van der Waals surface area contributed by atoms with Crippen LogP contribution in [0.25, 0.3) is 0 Å². The summed E-state index contributed by atoms with van der Waals surface area (Å²) in [5.74, 6) is -0.267. The smallest absolute Gasteiger partial charge is 0.240 e. The van der Waals surface area contributed by atoms with Crippen LogP contribution in [-0.4, -0.2) is 27.3 Å². The van der Waals surface area contributed by atoms with Crippen molar-refractivity contribution in [2.45, 2.75) is 17.9 Å². The molecular formula is C17H17N3O5S. The Morgan fingerprint density at radius 1 is 1.00 bits per heavy atom. The fourth-order valence-corrected chi connectivity index (χ4v) is 3.49. The Morgan fingerprint density at radius 2 is 1.65 bits per heavy atom. The minimum absolute atomic E-state index is 0.0128. The van der Waals surface area contributed by atoms with E-state index in [-0.39, 0.29) is 23.5 Å². The summed E-state index contributed by atoms with van der Waals surface area (Å²) in [5.41, 5.74) is 1.37. The number of hydrogen-bond acceptors (Lipinski definition) is 5. The fourth-order valence-electron chi connectivity index (χ4n) is 2.44. The number of rotatable bonds is 5. The van der Waals surface area contributed by atoms with Crippen molar-refractivity contribution >= 4 is 33.2 Å². The minimum atomic E-state index is -3.80. The van der Waals surface area contributed by atoms with Crippen molar-refractivity contribution < 1.29 is 22.7 Å². The lowest BCUT2D eigenvalue weighted by Crippen LogP contribution is -2.23. The molecule has 8 nitrogen and oxygen atoms in total. The van der Waals surface area contributed by atoms with Crippen LogP contribution in [0, 0.1) is 0 Å². The Labute approximate surface area is 150 Å². The number of hydrogen-bond donors (Lipinski definition) is 3. The summed E-state index contributed by atoms with van der Waals surface area (Å²) >= 11 is 0. The molecule has 0 radical (unpaired) electrons. The van der Waals surface area contributed by atoms with Crippen molar-refractivity contribution in [3.8, 4) is 5.75 Å². The van der Waals surface area contributed by atoms with Crippen LogP contribution >= 0.6 is 0 Å². The maximum absolute atomic E-state index is 12.5. The van der Waals surface area contributed by atoms with Gasteiger partial charge in [-0.15, -0.1) is 0 Å². The maximum Gasteiger partial charge on any atom is 0.240 e. The molecule has 9 heteroatoms. The topological polar surface area (TPSA) is 114 Å². The number of benzene rings is 2.